The van der Waals surface area contributed by atoms with E-state index >= 15 is 0 Å². The van der Waals surface area contributed by atoms with E-state index < -0.39 is 0 Å². The Labute approximate surface area is 88.7 Å². The van der Waals surface area contributed by atoms with E-state index in [1.807, 2.05) is 0 Å². The molecular formula is C10H18NZn-. The first-order chi connectivity index (χ1) is 5.31. The van der Waals surface area contributed by atoms with Crippen molar-refractivity contribution in [1.29, 1.82) is 0 Å². The predicted octanol–water partition coefficient (Wildman–Crippen LogP) is 2.08. The van der Waals surface area contributed by atoms with E-state index in [0.717, 1.165) is 5.41 Å². The smallest absolute Gasteiger partial charge is 0.00335 e. The number of rotatable bonds is 0. The minimum atomic E-state index is 0. The van der Waals surface area contributed by atoms with Crippen molar-refractivity contribution in [2.75, 3.05) is 20.1 Å². The second kappa shape index (κ2) is 4.20. The molecule has 1 saturated heterocycles. The van der Waals surface area contributed by atoms with Crippen LogP contribution in [0, 0.1) is 11.8 Å². The van der Waals surface area contributed by atoms with Crippen LogP contribution in [0.4, 0.5) is 0 Å². The third-order valence-corrected chi connectivity index (χ3v) is 3.39. The van der Waals surface area contributed by atoms with Crippen LogP contribution in [0.25, 0.3) is 0 Å². The molecule has 0 bridgehead atoms. The number of likely N-dealkylation sites (tertiary alicyclic amines) is 1. The maximum absolute atomic E-state index is 2.49. The topological polar surface area (TPSA) is 3.24 Å². The fourth-order valence-corrected chi connectivity index (χ4v) is 2.65. The molecule has 1 spiro atoms. The zero-order chi connectivity index (χ0) is 7.73. The summed E-state index contributed by atoms with van der Waals surface area (Å²) in [5, 5.41) is 0. The maximum Gasteiger partial charge on any atom is 0.00335 e. The van der Waals surface area contributed by atoms with Gasteiger partial charge in [0.2, 0.25) is 0 Å². The van der Waals surface area contributed by atoms with Crippen LogP contribution in [0.1, 0.15) is 32.1 Å². The van der Waals surface area contributed by atoms with Crippen LogP contribution in [0.15, 0.2) is 0 Å². The third-order valence-electron chi connectivity index (χ3n) is 3.39. The molecule has 12 heavy (non-hydrogen) atoms. The van der Waals surface area contributed by atoms with Crippen molar-refractivity contribution in [3.8, 4) is 0 Å². The van der Waals surface area contributed by atoms with Gasteiger partial charge >= 0.3 is 0 Å². The van der Waals surface area contributed by atoms with E-state index in [1.165, 1.54) is 45.2 Å². The van der Waals surface area contributed by atoms with Gasteiger partial charge in [-0.15, -0.1) is 0 Å². The summed E-state index contributed by atoms with van der Waals surface area (Å²) in [6.45, 7) is 2.70. The molecule has 0 amide bonds. The number of hydrogen-bond acceptors (Lipinski definition) is 1. The Hall–Kier alpha value is 0.583. The van der Waals surface area contributed by atoms with E-state index in [4.69, 9.17) is 0 Å². The molecule has 0 aromatic carbocycles. The molecule has 2 fully saturated rings. The first-order valence-corrected chi connectivity index (χ1v) is 4.81. The van der Waals surface area contributed by atoms with Gasteiger partial charge in [0.1, 0.15) is 0 Å². The van der Waals surface area contributed by atoms with Gasteiger partial charge in [-0.25, -0.2) is 0 Å². The minimum Gasteiger partial charge on any atom is -0.328 e. The van der Waals surface area contributed by atoms with Crippen LogP contribution < -0.4 is 0 Å². The zero-order valence-electron chi connectivity index (χ0n) is 8.18. The molecule has 1 nitrogen and oxygen atoms in total. The monoisotopic (exact) mass is 216 g/mol. The summed E-state index contributed by atoms with van der Waals surface area (Å²) in [7, 11) is 2.26. The molecule has 1 aliphatic carbocycles. The molecule has 0 N–H and O–H groups in total. The molecule has 1 saturated carbocycles. The van der Waals surface area contributed by atoms with Gasteiger partial charge in [0.05, 0.1) is 0 Å². The Bertz CT molecular complexity index is 135. The van der Waals surface area contributed by atoms with Crippen LogP contribution in [0.3, 0.4) is 0 Å². The molecule has 66 valence electrons. The van der Waals surface area contributed by atoms with Gasteiger partial charge in [-0.2, -0.15) is 12.8 Å². The molecule has 1 heterocycles. The third kappa shape index (κ3) is 2.09. The maximum atomic E-state index is 2.49. The van der Waals surface area contributed by atoms with Gasteiger partial charge in [-0.1, -0.05) is 12.8 Å². The summed E-state index contributed by atoms with van der Waals surface area (Å²) in [5.41, 5.74) is 0.740. The fourth-order valence-electron chi connectivity index (χ4n) is 2.65. The van der Waals surface area contributed by atoms with E-state index in [2.05, 4.69) is 18.4 Å². The summed E-state index contributed by atoms with van der Waals surface area (Å²) in [6, 6.07) is 0. The number of hydrogen-bond donors (Lipinski definition) is 0. The van der Waals surface area contributed by atoms with Crippen LogP contribution in [-0.2, 0) is 19.5 Å². The Morgan fingerprint density at radius 3 is 2.33 bits per heavy atom. The Kier molecular flexibility index (Phi) is 3.73. The van der Waals surface area contributed by atoms with Crippen LogP contribution in [0.5, 0.6) is 0 Å². The molecule has 0 atom stereocenters. The summed E-state index contributed by atoms with van der Waals surface area (Å²) >= 11 is 0. The van der Waals surface area contributed by atoms with Crippen LogP contribution in [-0.4, -0.2) is 25.0 Å². The average molecular weight is 218 g/mol. The zero-order valence-corrected chi connectivity index (χ0v) is 11.1. The van der Waals surface area contributed by atoms with Crippen molar-refractivity contribution in [1.82, 2.24) is 4.90 Å². The van der Waals surface area contributed by atoms with E-state index in [1.54, 1.807) is 0 Å². The Morgan fingerprint density at radius 2 is 1.83 bits per heavy atom. The SMILES string of the molecule is CN1CCC2(CC[CH-]CC2)C1.[Zn]. The normalized spacial score (nSPS) is 28.8. The van der Waals surface area contributed by atoms with Crippen molar-refractivity contribution in [2.45, 2.75) is 32.1 Å². The van der Waals surface area contributed by atoms with Crippen LogP contribution >= 0.6 is 0 Å². The first-order valence-electron chi connectivity index (χ1n) is 4.81. The van der Waals surface area contributed by atoms with E-state index in [9.17, 15) is 0 Å². The first kappa shape index (κ1) is 10.7. The second-order valence-electron chi connectivity index (χ2n) is 4.35. The average Bonchev–Trinajstić information content (AvgIpc) is 2.34. The Balaban J connectivity index is 0.000000720. The van der Waals surface area contributed by atoms with Gasteiger partial charge in [0.15, 0.2) is 0 Å². The summed E-state index contributed by atoms with van der Waals surface area (Å²) in [4.78, 5) is 2.49. The summed E-state index contributed by atoms with van der Waals surface area (Å²) < 4.78 is 0. The molecule has 0 radical (unpaired) electrons. The van der Waals surface area contributed by atoms with Crippen molar-refractivity contribution >= 4 is 0 Å². The molecule has 2 aliphatic rings. The van der Waals surface area contributed by atoms with E-state index in [0.29, 0.717) is 0 Å². The van der Waals surface area contributed by atoms with Crippen molar-refractivity contribution < 1.29 is 19.5 Å². The van der Waals surface area contributed by atoms with Gasteiger partial charge < -0.3 is 11.3 Å². The van der Waals surface area contributed by atoms with Crippen LogP contribution in [0.2, 0.25) is 0 Å². The minimum absolute atomic E-state index is 0. The van der Waals surface area contributed by atoms with Gasteiger partial charge in [-0.05, 0) is 25.4 Å². The van der Waals surface area contributed by atoms with Gasteiger partial charge in [-0.3, -0.25) is 0 Å². The standard InChI is InChI=1S/C10H18N.Zn/c1-11-8-7-10(9-11)5-3-2-4-6-10;/h2H,3-9H2,1H3;/q-1;. The Morgan fingerprint density at radius 1 is 1.17 bits per heavy atom. The molecule has 0 unspecified atom stereocenters. The summed E-state index contributed by atoms with van der Waals surface area (Å²) in [5.74, 6) is 0. The fraction of sp³-hybridized carbons (Fsp3) is 0.900. The van der Waals surface area contributed by atoms with Gasteiger partial charge in [0, 0.05) is 26.0 Å². The predicted molar refractivity (Wildman–Crippen MR) is 47.3 cm³/mol. The second-order valence-corrected chi connectivity index (χ2v) is 4.35. The molecule has 2 rings (SSSR count). The largest absolute Gasteiger partial charge is 0.328 e. The molecule has 0 aromatic rings. The van der Waals surface area contributed by atoms with Crippen molar-refractivity contribution in [3.05, 3.63) is 6.42 Å². The van der Waals surface area contributed by atoms with Gasteiger partial charge in [0.25, 0.3) is 0 Å². The molecule has 2 heteroatoms. The molecule has 1 aliphatic heterocycles. The molecule has 0 aromatic heterocycles. The molecular weight excluding hydrogens is 200 g/mol. The van der Waals surface area contributed by atoms with Crippen molar-refractivity contribution in [2.24, 2.45) is 5.41 Å². The number of nitrogens with zero attached hydrogens (tertiary/aromatic N) is 1. The van der Waals surface area contributed by atoms with E-state index in [-0.39, 0.29) is 19.5 Å². The quantitative estimate of drug-likeness (QED) is 0.444. The summed E-state index contributed by atoms with van der Waals surface area (Å²) in [6.07, 6.45) is 9.57. The van der Waals surface area contributed by atoms with Crippen molar-refractivity contribution in [3.63, 3.8) is 0 Å².